The van der Waals surface area contributed by atoms with Crippen LogP contribution >= 0.6 is 0 Å². The third-order valence-electron chi connectivity index (χ3n) is 5.18. The monoisotopic (exact) mass is 422 g/mol. The normalized spacial score (nSPS) is 17.5. The van der Waals surface area contributed by atoms with Crippen LogP contribution in [0.2, 0.25) is 0 Å². The zero-order valence-electron chi connectivity index (χ0n) is 17.8. The van der Waals surface area contributed by atoms with Crippen LogP contribution in [0.15, 0.2) is 0 Å². The summed E-state index contributed by atoms with van der Waals surface area (Å²) in [5.74, 6) is -2.15. The second-order valence-corrected chi connectivity index (χ2v) is 8.90. The lowest BCUT2D eigenvalue weighted by Gasteiger charge is -2.34. The maximum atomic E-state index is 11.9. The maximum absolute atomic E-state index is 11.9. The topological polar surface area (TPSA) is 107 Å². The lowest BCUT2D eigenvalue weighted by Crippen LogP contribution is -2.54. The highest BCUT2D eigenvalue weighted by molar-refractivity contribution is 7.87. The highest BCUT2D eigenvalue weighted by Crippen LogP contribution is 2.26. The van der Waals surface area contributed by atoms with Crippen LogP contribution in [0.5, 0.6) is 0 Å². The minimum Gasteiger partial charge on any atom is -0.342 e. The van der Waals surface area contributed by atoms with Crippen molar-refractivity contribution in [3.05, 3.63) is 0 Å². The zero-order valence-corrected chi connectivity index (χ0v) is 18.6. The van der Waals surface area contributed by atoms with E-state index in [2.05, 4.69) is 13.8 Å². The van der Waals surface area contributed by atoms with Crippen molar-refractivity contribution in [2.75, 3.05) is 13.2 Å². The Morgan fingerprint density at radius 1 is 0.893 bits per heavy atom. The number of rotatable bonds is 18. The van der Waals surface area contributed by atoms with Gasteiger partial charge < -0.3 is 14.3 Å². The Bertz CT molecular complexity index is 513. The van der Waals surface area contributed by atoms with Gasteiger partial charge in [0.15, 0.2) is 6.29 Å². The van der Waals surface area contributed by atoms with E-state index in [0.717, 1.165) is 51.4 Å². The minimum absolute atomic E-state index is 0.00369. The summed E-state index contributed by atoms with van der Waals surface area (Å²) in [6.45, 7) is 8.22. The van der Waals surface area contributed by atoms with Crippen LogP contribution in [0, 0.1) is 11.8 Å². The predicted octanol–water partition coefficient (Wildman–Crippen LogP) is 3.80. The zero-order chi connectivity index (χ0) is 21.6. The number of ether oxygens (including phenoxy) is 2. The largest absolute Gasteiger partial charge is 0.342 e. The lowest BCUT2D eigenvalue weighted by atomic mass is 10.00. The Kier molecular flexibility index (Phi) is 13.8. The van der Waals surface area contributed by atoms with Gasteiger partial charge in [-0.15, -0.1) is 0 Å². The summed E-state index contributed by atoms with van der Waals surface area (Å²) in [7, 11) is -4.88. The van der Waals surface area contributed by atoms with Crippen LogP contribution in [-0.2, 0) is 29.2 Å². The van der Waals surface area contributed by atoms with E-state index in [1.165, 1.54) is 0 Å². The number of hydrogen-bond donors (Lipinski definition) is 1. The van der Waals surface area contributed by atoms with Gasteiger partial charge in [-0.05, 0) is 24.7 Å². The highest BCUT2D eigenvalue weighted by Gasteiger charge is 2.49. The molecule has 0 aromatic heterocycles. The molecule has 0 aliphatic heterocycles. The third-order valence-corrected chi connectivity index (χ3v) is 6.26. The smallest absolute Gasteiger partial charge is 0.280 e. The molecule has 0 aromatic rings. The molecule has 1 N–H and O–H groups in total. The molecule has 28 heavy (non-hydrogen) atoms. The quantitative estimate of drug-likeness (QED) is 0.203. The molecule has 0 aromatic carbocycles. The molecule has 0 heterocycles. The van der Waals surface area contributed by atoms with E-state index < -0.39 is 21.2 Å². The van der Waals surface area contributed by atoms with Gasteiger partial charge in [-0.25, -0.2) is 0 Å². The fourth-order valence-electron chi connectivity index (χ4n) is 3.01. The van der Waals surface area contributed by atoms with Crippen LogP contribution in [0.1, 0.15) is 79.1 Å². The van der Waals surface area contributed by atoms with Crippen molar-refractivity contribution >= 4 is 22.7 Å². The molecule has 0 bridgehead atoms. The third kappa shape index (κ3) is 9.11. The van der Waals surface area contributed by atoms with E-state index in [9.17, 15) is 22.6 Å². The molecule has 0 saturated heterocycles. The molecular formula is C20H38O7S. The molecule has 0 aliphatic carbocycles. The number of unbranched alkanes of at least 4 members (excludes halogenated alkanes) is 2. The van der Waals surface area contributed by atoms with E-state index in [1.54, 1.807) is 0 Å². The molecule has 8 heteroatoms. The minimum atomic E-state index is -4.88. The van der Waals surface area contributed by atoms with Crippen LogP contribution < -0.4 is 0 Å². The van der Waals surface area contributed by atoms with Crippen LogP contribution in [0.4, 0.5) is 0 Å². The Morgan fingerprint density at radius 2 is 1.32 bits per heavy atom. The van der Waals surface area contributed by atoms with Crippen LogP contribution in [0.3, 0.4) is 0 Å². The molecule has 7 nitrogen and oxygen atoms in total. The first-order valence-corrected chi connectivity index (χ1v) is 11.9. The molecule has 0 fully saturated rings. The van der Waals surface area contributed by atoms with Crippen molar-refractivity contribution in [1.82, 2.24) is 0 Å². The molecule has 0 spiro atoms. The number of carbonyl (C=O) groups is 2. The number of aldehydes is 2. The van der Waals surface area contributed by atoms with Crippen LogP contribution in [0.25, 0.3) is 0 Å². The van der Waals surface area contributed by atoms with Gasteiger partial charge in [0.2, 0.25) is 5.25 Å². The molecule has 0 aliphatic rings. The second-order valence-electron chi connectivity index (χ2n) is 7.37. The summed E-state index contributed by atoms with van der Waals surface area (Å²) >= 11 is 0. The molecule has 0 amide bonds. The Hall–Kier alpha value is -0.830. The molecule has 166 valence electrons. The van der Waals surface area contributed by atoms with Crippen molar-refractivity contribution < 1.29 is 32.0 Å². The van der Waals surface area contributed by atoms with Gasteiger partial charge in [0.05, 0.1) is 13.2 Å². The van der Waals surface area contributed by atoms with Gasteiger partial charge in [0.1, 0.15) is 6.29 Å². The molecular weight excluding hydrogens is 384 g/mol. The van der Waals surface area contributed by atoms with Crippen molar-refractivity contribution in [2.24, 2.45) is 11.8 Å². The Morgan fingerprint density at radius 3 is 1.57 bits per heavy atom. The van der Waals surface area contributed by atoms with E-state index in [0.29, 0.717) is 0 Å². The van der Waals surface area contributed by atoms with E-state index in [-0.39, 0.29) is 37.6 Å². The van der Waals surface area contributed by atoms with Gasteiger partial charge in [0, 0.05) is 0 Å². The van der Waals surface area contributed by atoms with Gasteiger partial charge >= 0.3 is 0 Å². The second kappa shape index (κ2) is 14.2. The molecule has 3 unspecified atom stereocenters. The lowest BCUT2D eigenvalue weighted by molar-refractivity contribution is -0.227. The van der Waals surface area contributed by atoms with Crippen molar-refractivity contribution in [2.45, 2.75) is 90.1 Å². The van der Waals surface area contributed by atoms with Crippen molar-refractivity contribution in [3.63, 3.8) is 0 Å². The average molecular weight is 423 g/mol. The molecule has 0 rings (SSSR count). The van der Waals surface area contributed by atoms with Gasteiger partial charge in [-0.2, -0.15) is 8.42 Å². The fraction of sp³-hybridized carbons (Fsp3) is 0.900. The molecule has 0 saturated carbocycles. The van der Waals surface area contributed by atoms with Gasteiger partial charge in [-0.1, -0.05) is 66.2 Å². The van der Waals surface area contributed by atoms with E-state index in [1.807, 2.05) is 13.8 Å². The van der Waals surface area contributed by atoms with Crippen molar-refractivity contribution in [3.8, 4) is 0 Å². The summed E-state index contributed by atoms with van der Waals surface area (Å²) in [5, 5.41) is -2.12. The van der Waals surface area contributed by atoms with Gasteiger partial charge in [0.25, 0.3) is 15.9 Å². The molecule has 3 atom stereocenters. The predicted molar refractivity (Wildman–Crippen MR) is 109 cm³/mol. The summed E-state index contributed by atoms with van der Waals surface area (Å²) in [6.07, 6.45) is 7.42. The van der Waals surface area contributed by atoms with Crippen LogP contribution in [-0.4, -0.2) is 49.8 Å². The molecule has 0 radical (unpaired) electrons. The summed E-state index contributed by atoms with van der Waals surface area (Å²) in [4.78, 5) is 23.4. The first-order chi connectivity index (χ1) is 13.2. The number of hydrogen-bond acceptors (Lipinski definition) is 6. The first kappa shape index (κ1) is 27.2. The van der Waals surface area contributed by atoms with E-state index in [4.69, 9.17) is 9.47 Å². The fourth-order valence-corrected chi connectivity index (χ4v) is 3.75. The summed E-state index contributed by atoms with van der Waals surface area (Å²) in [5.41, 5.74) is 0. The standard InChI is InChI=1S/C20H38O7S/c1-5-9-11-17(7-3)14-26-20(16-22,19(13-21)28(23,24)25)27-15-18(8-4)12-10-6-2/h13,16-19H,5-12,14-15H2,1-4H3,(H,23,24,25). The van der Waals surface area contributed by atoms with E-state index >= 15 is 0 Å². The Balaban J connectivity index is 5.53. The first-order valence-electron chi connectivity index (χ1n) is 10.4. The maximum Gasteiger partial charge on any atom is 0.280 e. The van der Waals surface area contributed by atoms with Crippen molar-refractivity contribution in [1.29, 1.82) is 0 Å². The average Bonchev–Trinajstić information content (AvgIpc) is 2.66. The highest BCUT2D eigenvalue weighted by atomic mass is 32.2. The summed E-state index contributed by atoms with van der Waals surface area (Å²) in [6, 6.07) is 0. The SMILES string of the molecule is CCCCC(CC)COC(C=O)(OCC(CC)CCCC)C(C=O)S(=O)(=O)O. The number of carbonyl (C=O) groups excluding carboxylic acids is 2. The van der Waals surface area contributed by atoms with Gasteiger partial charge in [-0.3, -0.25) is 9.35 Å². The Labute approximate surface area is 170 Å². The summed E-state index contributed by atoms with van der Waals surface area (Å²) < 4.78 is 44.3.